The Labute approximate surface area is 145 Å². The Morgan fingerprint density at radius 3 is 2.40 bits per heavy atom. The van der Waals surface area contributed by atoms with Crippen LogP contribution in [0.3, 0.4) is 0 Å². The van der Waals surface area contributed by atoms with Crippen molar-refractivity contribution in [2.45, 2.75) is 17.4 Å². The summed E-state index contributed by atoms with van der Waals surface area (Å²) in [5.41, 5.74) is 0.244. The van der Waals surface area contributed by atoms with Gasteiger partial charge in [-0.1, -0.05) is 0 Å². The SMILES string of the molecule is O=S1(=O)CCC(Nc2ccc(NS(=O)(=O)c3ccc(F)cc3)cn2)C1. The normalized spacial score (nSPS) is 19.5. The molecule has 0 saturated carbocycles. The van der Waals surface area contributed by atoms with Gasteiger partial charge in [-0.05, 0) is 42.8 Å². The van der Waals surface area contributed by atoms with E-state index in [0.29, 0.717) is 12.2 Å². The molecule has 1 aromatic carbocycles. The molecule has 1 unspecified atom stereocenters. The molecule has 1 aliphatic heterocycles. The average molecular weight is 385 g/mol. The maximum Gasteiger partial charge on any atom is 0.261 e. The summed E-state index contributed by atoms with van der Waals surface area (Å²) in [6.07, 6.45) is 1.84. The highest BCUT2D eigenvalue weighted by atomic mass is 32.2. The van der Waals surface area contributed by atoms with E-state index in [0.717, 1.165) is 12.1 Å². The maximum absolute atomic E-state index is 12.9. The zero-order valence-corrected chi connectivity index (χ0v) is 14.6. The number of benzene rings is 1. The van der Waals surface area contributed by atoms with Gasteiger partial charge < -0.3 is 5.32 Å². The topological polar surface area (TPSA) is 105 Å². The zero-order valence-electron chi connectivity index (χ0n) is 13.0. The van der Waals surface area contributed by atoms with Crippen LogP contribution in [0.2, 0.25) is 0 Å². The molecule has 0 aliphatic carbocycles. The first kappa shape index (κ1) is 17.6. The number of hydrogen-bond donors (Lipinski definition) is 2. The van der Waals surface area contributed by atoms with Gasteiger partial charge in [-0.2, -0.15) is 0 Å². The van der Waals surface area contributed by atoms with Crippen LogP contribution in [0.4, 0.5) is 15.9 Å². The fraction of sp³-hybridized carbons (Fsp3) is 0.267. The summed E-state index contributed by atoms with van der Waals surface area (Å²) in [5, 5.41) is 3.02. The molecule has 0 radical (unpaired) electrons. The molecule has 1 aliphatic rings. The number of halogens is 1. The minimum absolute atomic E-state index is 0.0627. The van der Waals surface area contributed by atoms with Gasteiger partial charge in [0.05, 0.1) is 28.3 Å². The third-order valence-electron chi connectivity index (χ3n) is 3.72. The molecule has 25 heavy (non-hydrogen) atoms. The molecular weight excluding hydrogens is 369 g/mol. The highest BCUT2D eigenvalue weighted by Gasteiger charge is 2.27. The van der Waals surface area contributed by atoms with E-state index in [2.05, 4.69) is 15.0 Å². The molecule has 2 N–H and O–H groups in total. The summed E-state index contributed by atoms with van der Waals surface area (Å²) < 4.78 is 62.5. The zero-order chi connectivity index (χ0) is 18.1. The summed E-state index contributed by atoms with van der Waals surface area (Å²) >= 11 is 0. The maximum atomic E-state index is 12.9. The van der Waals surface area contributed by atoms with Gasteiger partial charge in [-0.25, -0.2) is 26.2 Å². The molecule has 1 saturated heterocycles. The van der Waals surface area contributed by atoms with Gasteiger partial charge in [0.25, 0.3) is 10.0 Å². The lowest BCUT2D eigenvalue weighted by Gasteiger charge is -2.12. The van der Waals surface area contributed by atoms with Crippen molar-refractivity contribution in [3.63, 3.8) is 0 Å². The van der Waals surface area contributed by atoms with E-state index in [1.54, 1.807) is 6.07 Å². The van der Waals surface area contributed by atoms with Gasteiger partial charge in [0.15, 0.2) is 9.84 Å². The van der Waals surface area contributed by atoms with Crippen LogP contribution in [0.1, 0.15) is 6.42 Å². The number of nitrogens with one attached hydrogen (secondary N) is 2. The monoisotopic (exact) mass is 385 g/mol. The van der Waals surface area contributed by atoms with Crippen LogP contribution in [0, 0.1) is 5.82 Å². The summed E-state index contributed by atoms with van der Waals surface area (Å²) in [6, 6.07) is 7.35. The van der Waals surface area contributed by atoms with Crippen LogP contribution in [0.15, 0.2) is 47.5 Å². The summed E-state index contributed by atoms with van der Waals surface area (Å²) in [6.45, 7) is 0. The minimum atomic E-state index is -3.84. The quantitative estimate of drug-likeness (QED) is 0.810. The predicted octanol–water partition coefficient (Wildman–Crippen LogP) is 1.62. The number of sulfone groups is 1. The number of aromatic nitrogens is 1. The Balaban J connectivity index is 1.67. The lowest BCUT2D eigenvalue weighted by Crippen LogP contribution is -2.21. The number of anilines is 2. The van der Waals surface area contributed by atoms with E-state index in [-0.39, 0.29) is 28.1 Å². The second-order valence-electron chi connectivity index (χ2n) is 5.74. The fourth-order valence-corrected chi connectivity index (χ4v) is 5.20. The number of rotatable bonds is 5. The van der Waals surface area contributed by atoms with E-state index in [1.807, 2.05) is 0 Å². The number of hydrogen-bond acceptors (Lipinski definition) is 6. The molecule has 3 rings (SSSR count). The van der Waals surface area contributed by atoms with Crippen molar-refractivity contribution in [2.75, 3.05) is 21.5 Å². The molecule has 2 heterocycles. The van der Waals surface area contributed by atoms with Crippen LogP contribution in [0.5, 0.6) is 0 Å². The van der Waals surface area contributed by atoms with Gasteiger partial charge in [0.1, 0.15) is 11.6 Å². The molecule has 0 spiro atoms. The number of pyridine rings is 1. The van der Waals surface area contributed by atoms with Gasteiger partial charge in [0.2, 0.25) is 0 Å². The minimum Gasteiger partial charge on any atom is -0.366 e. The Morgan fingerprint density at radius 2 is 1.84 bits per heavy atom. The molecule has 1 fully saturated rings. The average Bonchev–Trinajstić information content (AvgIpc) is 2.88. The molecule has 1 aromatic heterocycles. The lowest BCUT2D eigenvalue weighted by molar-refractivity contribution is 0.598. The van der Waals surface area contributed by atoms with Crippen LogP contribution in [-0.2, 0) is 19.9 Å². The van der Waals surface area contributed by atoms with Crippen LogP contribution >= 0.6 is 0 Å². The van der Waals surface area contributed by atoms with Crippen molar-refractivity contribution < 1.29 is 21.2 Å². The van der Waals surface area contributed by atoms with Crippen molar-refractivity contribution in [3.8, 4) is 0 Å². The van der Waals surface area contributed by atoms with E-state index >= 15 is 0 Å². The van der Waals surface area contributed by atoms with Crippen molar-refractivity contribution in [1.29, 1.82) is 0 Å². The van der Waals surface area contributed by atoms with Gasteiger partial charge in [-0.3, -0.25) is 4.72 Å². The van der Waals surface area contributed by atoms with E-state index in [1.165, 1.54) is 24.4 Å². The van der Waals surface area contributed by atoms with Crippen LogP contribution in [-0.4, -0.2) is 39.4 Å². The molecule has 7 nitrogen and oxygen atoms in total. The Bertz CT molecular complexity index is 959. The van der Waals surface area contributed by atoms with Crippen molar-refractivity contribution in [2.24, 2.45) is 0 Å². The molecule has 1 atom stereocenters. The third kappa shape index (κ3) is 4.45. The van der Waals surface area contributed by atoms with Gasteiger partial charge in [0, 0.05) is 6.04 Å². The first-order chi connectivity index (χ1) is 11.7. The number of nitrogens with zero attached hydrogens (tertiary/aromatic N) is 1. The van der Waals surface area contributed by atoms with Crippen molar-refractivity contribution in [3.05, 3.63) is 48.4 Å². The standard InChI is InChI=1S/C15H16FN3O4S2/c16-11-1-4-14(5-2-11)25(22,23)19-12-3-6-15(17-9-12)18-13-7-8-24(20,21)10-13/h1-6,9,13,19H,7-8,10H2,(H,17,18). The highest BCUT2D eigenvalue weighted by Crippen LogP contribution is 2.19. The molecule has 134 valence electrons. The van der Waals surface area contributed by atoms with E-state index in [4.69, 9.17) is 0 Å². The second-order valence-corrected chi connectivity index (χ2v) is 9.65. The largest absolute Gasteiger partial charge is 0.366 e. The summed E-state index contributed by atoms with van der Waals surface area (Å²) in [7, 11) is -6.83. The molecule has 2 aromatic rings. The molecule has 10 heteroatoms. The second kappa shape index (κ2) is 6.60. The lowest BCUT2D eigenvalue weighted by atomic mass is 10.2. The van der Waals surface area contributed by atoms with Crippen LogP contribution < -0.4 is 10.0 Å². The predicted molar refractivity (Wildman–Crippen MR) is 92.1 cm³/mol. The summed E-state index contributed by atoms with van der Waals surface area (Å²) in [5.74, 6) is 0.158. The first-order valence-corrected chi connectivity index (χ1v) is 10.8. The molecule has 0 amide bonds. The summed E-state index contributed by atoms with van der Waals surface area (Å²) in [4.78, 5) is 4.03. The van der Waals surface area contributed by atoms with Gasteiger partial charge >= 0.3 is 0 Å². The van der Waals surface area contributed by atoms with E-state index < -0.39 is 25.7 Å². The molecule has 0 bridgehead atoms. The Kier molecular flexibility index (Phi) is 4.65. The molecular formula is C15H16FN3O4S2. The first-order valence-electron chi connectivity index (χ1n) is 7.45. The Hall–Kier alpha value is -2.20. The van der Waals surface area contributed by atoms with Crippen LogP contribution in [0.25, 0.3) is 0 Å². The highest BCUT2D eigenvalue weighted by molar-refractivity contribution is 7.92. The Morgan fingerprint density at radius 1 is 1.12 bits per heavy atom. The van der Waals surface area contributed by atoms with Crippen molar-refractivity contribution >= 4 is 31.4 Å². The third-order valence-corrected chi connectivity index (χ3v) is 6.89. The smallest absolute Gasteiger partial charge is 0.261 e. The van der Waals surface area contributed by atoms with Gasteiger partial charge in [-0.15, -0.1) is 0 Å². The fourth-order valence-electron chi connectivity index (χ4n) is 2.49. The van der Waals surface area contributed by atoms with E-state index in [9.17, 15) is 21.2 Å². The number of sulfonamides is 1. The van der Waals surface area contributed by atoms with Crippen molar-refractivity contribution in [1.82, 2.24) is 4.98 Å².